The highest BCUT2D eigenvalue weighted by Gasteiger charge is 2.13. The Labute approximate surface area is 128 Å². The third-order valence-electron chi connectivity index (χ3n) is 2.75. The van der Waals surface area contributed by atoms with E-state index in [-0.39, 0.29) is 11.4 Å². The molecular formula is C14H10BrClFNO2. The number of rotatable bonds is 3. The molecule has 0 saturated heterocycles. The fourth-order valence-corrected chi connectivity index (χ4v) is 2.24. The highest BCUT2D eigenvalue weighted by molar-refractivity contribution is 9.10. The summed E-state index contributed by atoms with van der Waals surface area (Å²) in [4.78, 5) is 11.2. The number of nitrogens with one attached hydrogen (secondary N) is 1. The summed E-state index contributed by atoms with van der Waals surface area (Å²) < 4.78 is 13.7. The van der Waals surface area contributed by atoms with Crippen molar-refractivity contribution in [3.63, 3.8) is 0 Å². The van der Waals surface area contributed by atoms with Crippen LogP contribution in [-0.2, 0) is 0 Å². The number of carboxylic acid groups (broad SMARTS) is 1. The van der Waals surface area contributed by atoms with Crippen molar-refractivity contribution in [3.05, 3.63) is 56.8 Å². The average molecular weight is 359 g/mol. The van der Waals surface area contributed by atoms with Crippen LogP contribution >= 0.6 is 27.5 Å². The van der Waals surface area contributed by atoms with E-state index in [2.05, 4.69) is 21.2 Å². The molecule has 0 atom stereocenters. The highest BCUT2D eigenvalue weighted by Crippen LogP contribution is 2.29. The third kappa shape index (κ3) is 3.11. The van der Waals surface area contributed by atoms with Gasteiger partial charge in [-0.15, -0.1) is 0 Å². The monoisotopic (exact) mass is 357 g/mol. The maximum absolute atomic E-state index is 13.4. The molecule has 0 amide bonds. The van der Waals surface area contributed by atoms with Gasteiger partial charge in [0.25, 0.3) is 0 Å². The standard InChI is InChI=1S/C14H10BrClFNO2/c1-7-4-11(17)10(15)6-13(7)18-12-3-2-8(16)5-9(12)14(19)20/h2-6,18H,1H3,(H,19,20). The van der Waals surface area contributed by atoms with Crippen LogP contribution in [0.4, 0.5) is 15.8 Å². The van der Waals surface area contributed by atoms with E-state index in [4.69, 9.17) is 16.7 Å². The van der Waals surface area contributed by atoms with Crippen molar-refractivity contribution in [2.45, 2.75) is 6.92 Å². The van der Waals surface area contributed by atoms with Crippen LogP contribution in [0, 0.1) is 12.7 Å². The van der Waals surface area contributed by atoms with Crippen molar-refractivity contribution >= 4 is 44.9 Å². The number of aromatic carboxylic acids is 1. The van der Waals surface area contributed by atoms with Gasteiger partial charge in [0.15, 0.2) is 0 Å². The molecule has 0 fully saturated rings. The molecule has 0 aromatic heterocycles. The van der Waals surface area contributed by atoms with E-state index in [0.717, 1.165) is 0 Å². The van der Waals surface area contributed by atoms with Gasteiger partial charge in [-0.05, 0) is 58.7 Å². The summed E-state index contributed by atoms with van der Waals surface area (Å²) in [7, 11) is 0. The fraction of sp³-hybridized carbons (Fsp3) is 0.0714. The lowest BCUT2D eigenvalue weighted by Gasteiger charge is -2.13. The van der Waals surface area contributed by atoms with E-state index in [9.17, 15) is 9.18 Å². The summed E-state index contributed by atoms with van der Waals surface area (Å²) in [5.74, 6) is -1.46. The molecule has 0 aliphatic carbocycles. The first-order chi connectivity index (χ1) is 9.38. The molecule has 3 nitrogen and oxygen atoms in total. The Kier molecular flexibility index (Phi) is 4.30. The number of carbonyl (C=O) groups is 1. The summed E-state index contributed by atoms with van der Waals surface area (Å²) in [5.41, 5.74) is 1.72. The van der Waals surface area contributed by atoms with Crippen molar-refractivity contribution in [3.8, 4) is 0 Å². The maximum atomic E-state index is 13.4. The van der Waals surface area contributed by atoms with Crippen LogP contribution in [0.2, 0.25) is 5.02 Å². The smallest absolute Gasteiger partial charge is 0.337 e. The van der Waals surface area contributed by atoms with E-state index in [1.165, 1.54) is 12.1 Å². The zero-order valence-electron chi connectivity index (χ0n) is 10.4. The Morgan fingerprint density at radius 2 is 2.00 bits per heavy atom. The fourth-order valence-electron chi connectivity index (χ4n) is 1.73. The molecule has 0 unspecified atom stereocenters. The molecule has 0 radical (unpaired) electrons. The van der Waals surface area contributed by atoms with Gasteiger partial charge in [-0.25, -0.2) is 9.18 Å². The number of hydrogen-bond acceptors (Lipinski definition) is 2. The van der Waals surface area contributed by atoms with Gasteiger partial charge in [0, 0.05) is 10.7 Å². The minimum Gasteiger partial charge on any atom is -0.478 e. The van der Waals surface area contributed by atoms with Crippen molar-refractivity contribution in [2.24, 2.45) is 0 Å². The minimum absolute atomic E-state index is 0.0531. The summed E-state index contributed by atoms with van der Waals surface area (Å²) in [6.07, 6.45) is 0. The molecule has 0 spiro atoms. The molecule has 20 heavy (non-hydrogen) atoms. The molecule has 0 aliphatic heterocycles. The van der Waals surface area contributed by atoms with Crippen LogP contribution in [0.15, 0.2) is 34.8 Å². The van der Waals surface area contributed by atoms with Crippen LogP contribution in [0.3, 0.4) is 0 Å². The number of halogens is 3. The maximum Gasteiger partial charge on any atom is 0.337 e. The summed E-state index contributed by atoms with van der Waals surface area (Å²) in [5, 5.41) is 12.5. The average Bonchev–Trinajstić information content (AvgIpc) is 2.37. The van der Waals surface area contributed by atoms with Crippen molar-refractivity contribution in [1.29, 1.82) is 0 Å². The van der Waals surface area contributed by atoms with Crippen molar-refractivity contribution in [2.75, 3.05) is 5.32 Å². The van der Waals surface area contributed by atoms with Crippen molar-refractivity contribution < 1.29 is 14.3 Å². The van der Waals surface area contributed by atoms with Gasteiger partial charge in [-0.3, -0.25) is 0 Å². The molecule has 2 rings (SSSR count). The second-order valence-corrected chi connectivity index (χ2v) is 5.49. The Morgan fingerprint density at radius 1 is 1.30 bits per heavy atom. The van der Waals surface area contributed by atoms with Crippen molar-refractivity contribution in [1.82, 2.24) is 0 Å². The SMILES string of the molecule is Cc1cc(F)c(Br)cc1Nc1ccc(Cl)cc1C(=O)O. The van der Waals surface area contributed by atoms with E-state index >= 15 is 0 Å². The van der Waals surface area contributed by atoms with Gasteiger partial charge in [-0.2, -0.15) is 0 Å². The number of carboxylic acids is 1. The molecule has 2 N–H and O–H groups in total. The number of aryl methyl sites for hydroxylation is 1. The summed E-state index contributed by atoms with van der Waals surface area (Å²) in [6.45, 7) is 1.73. The van der Waals surface area contributed by atoms with Gasteiger partial charge in [-0.1, -0.05) is 11.6 Å². The first-order valence-electron chi connectivity index (χ1n) is 5.64. The molecule has 6 heteroatoms. The predicted molar refractivity (Wildman–Crippen MR) is 80.5 cm³/mol. The predicted octanol–water partition coefficient (Wildman–Crippen LogP) is 4.99. The molecule has 0 saturated carbocycles. The second-order valence-electron chi connectivity index (χ2n) is 4.20. The Morgan fingerprint density at radius 3 is 2.65 bits per heavy atom. The first-order valence-corrected chi connectivity index (χ1v) is 6.81. The molecule has 2 aromatic carbocycles. The van der Waals surface area contributed by atoms with Crippen LogP contribution in [0.1, 0.15) is 15.9 Å². The topological polar surface area (TPSA) is 49.3 Å². The zero-order chi connectivity index (χ0) is 14.9. The number of hydrogen-bond donors (Lipinski definition) is 2. The Bertz CT molecular complexity index is 691. The quantitative estimate of drug-likeness (QED) is 0.812. The highest BCUT2D eigenvalue weighted by atomic mass is 79.9. The first kappa shape index (κ1) is 14.8. The Hall–Kier alpha value is -1.59. The lowest BCUT2D eigenvalue weighted by Crippen LogP contribution is -2.03. The molecule has 2 aromatic rings. The molecule has 104 valence electrons. The number of benzene rings is 2. The van der Waals surface area contributed by atoms with Gasteiger partial charge < -0.3 is 10.4 Å². The largest absolute Gasteiger partial charge is 0.478 e. The van der Waals surface area contributed by atoms with Crippen LogP contribution < -0.4 is 5.32 Å². The Balaban J connectivity index is 2.45. The minimum atomic E-state index is -1.09. The van der Waals surface area contributed by atoms with Crippen LogP contribution in [0.5, 0.6) is 0 Å². The van der Waals surface area contributed by atoms with Crippen LogP contribution in [0.25, 0.3) is 0 Å². The summed E-state index contributed by atoms with van der Waals surface area (Å²) >= 11 is 8.89. The number of anilines is 2. The van der Waals surface area contributed by atoms with Gasteiger partial charge in [0.2, 0.25) is 0 Å². The molecule has 0 bridgehead atoms. The second kappa shape index (κ2) is 5.81. The van der Waals surface area contributed by atoms with E-state index in [0.29, 0.717) is 26.4 Å². The van der Waals surface area contributed by atoms with E-state index in [1.807, 2.05) is 0 Å². The van der Waals surface area contributed by atoms with Gasteiger partial charge in [0.05, 0.1) is 15.7 Å². The lowest BCUT2D eigenvalue weighted by molar-refractivity contribution is 0.0698. The normalized spacial score (nSPS) is 10.4. The molecular weight excluding hydrogens is 349 g/mol. The molecule has 0 heterocycles. The van der Waals surface area contributed by atoms with E-state index < -0.39 is 5.97 Å². The van der Waals surface area contributed by atoms with Gasteiger partial charge in [0.1, 0.15) is 5.82 Å². The lowest BCUT2D eigenvalue weighted by atomic mass is 10.1. The summed E-state index contributed by atoms with van der Waals surface area (Å²) in [6, 6.07) is 7.44. The van der Waals surface area contributed by atoms with Crippen LogP contribution in [-0.4, -0.2) is 11.1 Å². The van der Waals surface area contributed by atoms with E-state index in [1.54, 1.807) is 25.1 Å². The third-order valence-corrected chi connectivity index (χ3v) is 3.59. The zero-order valence-corrected chi connectivity index (χ0v) is 12.7. The van der Waals surface area contributed by atoms with Gasteiger partial charge >= 0.3 is 5.97 Å². The molecule has 0 aliphatic rings.